The molecule has 5 heteroatoms. The van der Waals surface area contributed by atoms with E-state index in [9.17, 15) is 0 Å². The van der Waals surface area contributed by atoms with Crippen LogP contribution in [0, 0.1) is 0 Å². The SMILES string of the molecule is CCCCCCCCCCCCCC[N+](C)(C(C)CC)[Si](OC)(OC)OC. The van der Waals surface area contributed by atoms with Crippen molar-refractivity contribution < 1.29 is 17.4 Å². The third-order valence-electron chi connectivity index (χ3n) is 6.44. The van der Waals surface area contributed by atoms with Crippen LogP contribution >= 0.6 is 0 Å². The minimum absolute atomic E-state index is 0.462. The Bertz CT molecular complexity index is 331. The van der Waals surface area contributed by atoms with Crippen molar-refractivity contribution in [3.05, 3.63) is 0 Å². The van der Waals surface area contributed by atoms with Gasteiger partial charge in [-0.15, -0.1) is 0 Å². The minimum atomic E-state index is -2.72. The van der Waals surface area contributed by atoms with Gasteiger partial charge in [0.2, 0.25) is 0 Å². The zero-order valence-electron chi connectivity index (χ0n) is 19.6. The summed E-state index contributed by atoms with van der Waals surface area (Å²) in [5.41, 5.74) is 0. The van der Waals surface area contributed by atoms with Crippen molar-refractivity contribution in [1.29, 1.82) is 0 Å². The number of nitrogens with zero attached hydrogens (tertiary/aromatic N) is 1. The molecule has 4 nitrogen and oxygen atoms in total. The predicted octanol–water partition coefficient (Wildman–Crippen LogP) is 6.31. The minimum Gasteiger partial charge on any atom is -0.328 e. The van der Waals surface area contributed by atoms with Crippen LogP contribution in [0.3, 0.4) is 0 Å². The Morgan fingerprint density at radius 2 is 1.04 bits per heavy atom. The second-order valence-corrected chi connectivity index (χ2v) is 11.6. The lowest BCUT2D eigenvalue weighted by atomic mass is 10.1. The van der Waals surface area contributed by atoms with E-state index in [2.05, 4.69) is 27.8 Å². The first-order valence-electron chi connectivity index (χ1n) is 11.5. The summed E-state index contributed by atoms with van der Waals surface area (Å²) in [6.07, 6.45) is 17.6. The topological polar surface area (TPSA) is 27.7 Å². The molecular formula is C22H50NO3Si+. The summed E-state index contributed by atoms with van der Waals surface area (Å²) in [6.45, 7) is 7.88. The van der Waals surface area contributed by atoms with Gasteiger partial charge in [-0.1, -0.05) is 78.1 Å². The lowest BCUT2D eigenvalue weighted by Crippen LogP contribution is -2.73. The first-order valence-corrected chi connectivity index (χ1v) is 13.2. The van der Waals surface area contributed by atoms with Crippen molar-refractivity contribution in [3.8, 4) is 0 Å². The Kier molecular flexibility index (Phi) is 16.0. The van der Waals surface area contributed by atoms with E-state index < -0.39 is 8.97 Å². The van der Waals surface area contributed by atoms with Gasteiger partial charge in [-0.25, -0.2) is 0 Å². The van der Waals surface area contributed by atoms with Crippen molar-refractivity contribution in [2.45, 2.75) is 110 Å². The maximum atomic E-state index is 5.85. The molecule has 0 heterocycles. The molecule has 0 aromatic heterocycles. The smallest absolute Gasteiger partial charge is 0.328 e. The molecule has 0 saturated heterocycles. The third-order valence-corrected chi connectivity index (χ3v) is 9.90. The molecule has 0 amide bonds. The molecule has 27 heavy (non-hydrogen) atoms. The maximum absolute atomic E-state index is 5.85. The lowest BCUT2D eigenvalue weighted by molar-refractivity contribution is -0.863. The van der Waals surface area contributed by atoms with Gasteiger partial charge in [0.25, 0.3) is 0 Å². The molecule has 0 aliphatic heterocycles. The normalized spacial score (nSPS) is 15.7. The highest BCUT2D eigenvalue weighted by Gasteiger charge is 2.63. The molecule has 2 unspecified atom stereocenters. The molecule has 0 aromatic rings. The summed E-state index contributed by atoms with van der Waals surface area (Å²) in [6, 6.07) is 0.462. The van der Waals surface area contributed by atoms with Gasteiger partial charge in [-0.05, 0) is 26.2 Å². The van der Waals surface area contributed by atoms with E-state index in [1.54, 1.807) is 21.3 Å². The number of unbranched alkanes of at least 4 members (excludes halogenated alkanes) is 11. The third kappa shape index (κ3) is 8.95. The molecule has 0 fully saturated rings. The van der Waals surface area contributed by atoms with Crippen LogP contribution in [0.4, 0.5) is 0 Å². The zero-order chi connectivity index (χ0) is 20.6. The van der Waals surface area contributed by atoms with E-state index in [0.29, 0.717) is 6.04 Å². The Hall–Kier alpha value is 0.0569. The van der Waals surface area contributed by atoms with Crippen LogP contribution in [0.15, 0.2) is 0 Å². The maximum Gasteiger partial charge on any atom is 0.783 e. The summed E-state index contributed by atoms with van der Waals surface area (Å²) in [5, 5.41) is 0. The van der Waals surface area contributed by atoms with E-state index in [4.69, 9.17) is 13.3 Å². The Labute approximate surface area is 172 Å². The first-order chi connectivity index (χ1) is 13.0. The molecular weight excluding hydrogens is 354 g/mol. The number of hydrogen-bond acceptors (Lipinski definition) is 3. The Morgan fingerprint density at radius 3 is 1.37 bits per heavy atom. The molecule has 0 aliphatic rings. The highest BCUT2D eigenvalue weighted by molar-refractivity contribution is 6.52. The van der Waals surface area contributed by atoms with Gasteiger partial charge < -0.3 is 17.4 Å². The highest BCUT2D eigenvalue weighted by atomic mass is 28.4. The molecule has 0 aliphatic carbocycles. The van der Waals surface area contributed by atoms with Crippen LogP contribution in [-0.2, 0) is 13.3 Å². The van der Waals surface area contributed by atoms with Crippen molar-refractivity contribution in [2.75, 3.05) is 34.9 Å². The summed E-state index contributed by atoms with van der Waals surface area (Å²) in [5.74, 6) is 0. The van der Waals surface area contributed by atoms with E-state index >= 15 is 0 Å². The van der Waals surface area contributed by atoms with E-state index in [0.717, 1.165) is 17.1 Å². The fourth-order valence-corrected chi connectivity index (χ4v) is 7.09. The molecule has 0 aromatic carbocycles. The van der Waals surface area contributed by atoms with Gasteiger partial charge in [0.1, 0.15) is 0 Å². The largest absolute Gasteiger partial charge is 0.783 e. The highest BCUT2D eigenvalue weighted by Crippen LogP contribution is 2.28. The molecule has 0 radical (unpaired) electrons. The van der Waals surface area contributed by atoms with Gasteiger partial charge >= 0.3 is 8.97 Å². The molecule has 164 valence electrons. The second-order valence-electron chi connectivity index (χ2n) is 8.27. The molecule has 0 saturated carbocycles. The van der Waals surface area contributed by atoms with Gasteiger partial charge in [-0.3, -0.25) is 0 Å². The van der Waals surface area contributed by atoms with Crippen LogP contribution in [-0.4, -0.2) is 54.1 Å². The monoisotopic (exact) mass is 404 g/mol. The standard InChI is InChI=1S/C22H50NO3Si/c1-8-10-11-12-13-14-15-16-17-18-19-20-21-23(4,22(3)9-2)27(24-5,25-6)26-7/h22H,8-21H2,1-7H3/q+1. The number of rotatable bonds is 19. The summed E-state index contributed by atoms with van der Waals surface area (Å²) >= 11 is 0. The van der Waals surface area contributed by atoms with Crippen LogP contribution in [0.1, 0.15) is 104 Å². The van der Waals surface area contributed by atoms with Crippen molar-refractivity contribution in [2.24, 2.45) is 0 Å². The van der Waals surface area contributed by atoms with Crippen LogP contribution < -0.4 is 0 Å². The average molecular weight is 405 g/mol. The molecule has 2 atom stereocenters. The molecule has 0 rings (SSSR count). The van der Waals surface area contributed by atoms with Crippen LogP contribution in [0.25, 0.3) is 0 Å². The van der Waals surface area contributed by atoms with Crippen LogP contribution in [0.5, 0.6) is 0 Å². The van der Waals surface area contributed by atoms with E-state index in [1.165, 1.54) is 77.0 Å². The first kappa shape index (κ1) is 27.1. The molecule has 0 N–H and O–H groups in total. The predicted molar refractivity (Wildman–Crippen MR) is 119 cm³/mol. The fraction of sp³-hybridized carbons (Fsp3) is 1.00. The Balaban J connectivity index is 4.12. The van der Waals surface area contributed by atoms with Gasteiger partial charge in [0, 0.05) is 21.3 Å². The van der Waals surface area contributed by atoms with Gasteiger partial charge in [0.15, 0.2) is 0 Å². The van der Waals surface area contributed by atoms with Crippen molar-refractivity contribution in [3.63, 3.8) is 0 Å². The van der Waals surface area contributed by atoms with Gasteiger partial charge in [0.05, 0.1) is 19.6 Å². The van der Waals surface area contributed by atoms with Crippen LogP contribution in [0.2, 0.25) is 0 Å². The number of hydrogen-bond donors (Lipinski definition) is 0. The number of quaternary nitrogens is 1. The summed E-state index contributed by atoms with van der Waals surface area (Å²) < 4.78 is 18.3. The summed E-state index contributed by atoms with van der Waals surface area (Å²) in [7, 11) is 4.75. The van der Waals surface area contributed by atoms with Crippen molar-refractivity contribution in [1.82, 2.24) is 0 Å². The van der Waals surface area contributed by atoms with Gasteiger partial charge in [-0.2, -0.15) is 0 Å². The van der Waals surface area contributed by atoms with E-state index in [1.807, 2.05) is 0 Å². The Morgan fingerprint density at radius 1 is 0.667 bits per heavy atom. The second kappa shape index (κ2) is 15.9. The molecule has 0 bridgehead atoms. The average Bonchev–Trinajstić information content (AvgIpc) is 2.69. The fourth-order valence-electron chi connectivity index (χ4n) is 4.19. The zero-order valence-corrected chi connectivity index (χ0v) is 20.6. The quantitative estimate of drug-likeness (QED) is 0.186. The summed E-state index contributed by atoms with van der Waals surface area (Å²) in [4.78, 5) is 0. The molecule has 0 spiro atoms. The van der Waals surface area contributed by atoms with Crippen molar-refractivity contribution >= 4 is 8.97 Å². The van der Waals surface area contributed by atoms with E-state index in [-0.39, 0.29) is 0 Å². The lowest BCUT2D eigenvalue weighted by Gasteiger charge is -2.47.